The van der Waals surface area contributed by atoms with Crippen LogP contribution in [0.2, 0.25) is 0 Å². The molecule has 0 saturated heterocycles. The Kier molecular flexibility index (Phi) is 10.1. The molecule has 6 heteroatoms. The third-order valence-electron chi connectivity index (χ3n) is 4.99. The molecule has 0 fully saturated rings. The van der Waals surface area contributed by atoms with Crippen LogP contribution in [0.15, 0.2) is 59.1 Å². The molecule has 29 heavy (non-hydrogen) atoms. The minimum Gasteiger partial charge on any atom is -0.308 e. The first kappa shape index (κ1) is 24.3. The second-order valence-electron chi connectivity index (χ2n) is 7.08. The molecule has 0 bridgehead atoms. The quantitative estimate of drug-likeness (QED) is 0.315. The van der Waals surface area contributed by atoms with Crippen LogP contribution in [-0.2, 0) is 26.6 Å². The van der Waals surface area contributed by atoms with Crippen molar-refractivity contribution in [3.8, 4) is 0 Å². The molecule has 1 unspecified atom stereocenters. The van der Waals surface area contributed by atoms with Crippen molar-refractivity contribution < 1.29 is 13.6 Å². The van der Waals surface area contributed by atoms with Gasteiger partial charge in [0.15, 0.2) is 0 Å². The lowest BCUT2D eigenvalue weighted by Gasteiger charge is -2.40. The van der Waals surface area contributed by atoms with Gasteiger partial charge >= 0.3 is 7.60 Å². The van der Waals surface area contributed by atoms with Crippen molar-refractivity contribution in [3.63, 3.8) is 0 Å². The molecule has 2 rings (SSSR count). The van der Waals surface area contributed by atoms with Crippen molar-refractivity contribution in [3.05, 3.63) is 70.2 Å². The molecule has 0 aliphatic rings. The molecule has 0 aliphatic carbocycles. The summed E-state index contributed by atoms with van der Waals surface area (Å²) >= 11 is 3.49. The Morgan fingerprint density at radius 2 is 1.52 bits per heavy atom. The summed E-state index contributed by atoms with van der Waals surface area (Å²) in [5.41, 5.74) is 2.35. The van der Waals surface area contributed by atoms with Gasteiger partial charge in [0.25, 0.3) is 0 Å². The fourth-order valence-electron chi connectivity index (χ4n) is 3.58. The van der Waals surface area contributed by atoms with E-state index in [1.165, 1.54) is 5.56 Å². The number of hydrogen-bond acceptors (Lipinski definition) is 4. The van der Waals surface area contributed by atoms with Crippen LogP contribution in [0, 0.1) is 0 Å². The molecule has 4 nitrogen and oxygen atoms in total. The van der Waals surface area contributed by atoms with E-state index in [0.29, 0.717) is 32.6 Å². The van der Waals surface area contributed by atoms with E-state index in [1.54, 1.807) is 0 Å². The molecule has 0 spiro atoms. The van der Waals surface area contributed by atoms with Crippen molar-refractivity contribution in [2.24, 2.45) is 0 Å². The maximum absolute atomic E-state index is 14.0. The number of aryl methyl sites for hydroxylation is 1. The Labute approximate surface area is 184 Å². The highest BCUT2D eigenvalue weighted by molar-refractivity contribution is 9.10. The first-order chi connectivity index (χ1) is 14.0. The van der Waals surface area contributed by atoms with E-state index in [1.807, 2.05) is 44.2 Å². The number of hydrogen-bond donors (Lipinski definition) is 1. The van der Waals surface area contributed by atoms with Gasteiger partial charge in [0, 0.05) is 11.0 Å². The zero-order valence-electron chi connectivity index (χ0n) is 17.7. The first-order valence-corrected chi connectivity index (χ1v) is 12.7. The second kappa shape index (κ2) is 12.0. The standard InChI is InChI=1S/C23H33BrNO3P/c1-4-17-23(29(26,27-5-2)28-6-3,25-19-21-10-8-7-9-11-21)18-16-20-12-14-22(24)15-13-20/h7-15,25H,4-6,16-19H2,1-3H3. The lowest BCUT2D eigenvalue weighted by atomic mass is 10.0. The summed E-state index contributed by atoms with van der Waals surface area (Å²) in [5.74, 6) is 0. The fourth-order valence-corrected chi connectivity index (χ4v) is 6.24. The number of halogens is 1. The Morgan fingerprint density at radius 3 is 2.07 bits per heavy atom. The van der Waals surface area contributed by atoms with Crippen LogP contribution in [0.5, 0.6) is 0 Å². The van der Waals surface area contributed by atoms with Crippen molar-refractivity contribution in [2.75, 3.05) is 13.2 Å². The Morgan fingerprint density at radius 1 is 0.897 bits per heavy atom. The highest BCUT2D eigenvalue weighted by atomic mass is 79.9. The summed E-state index contributed by atoms with van der Waals surface area (Å²) in [6.07, 6.45) is 3.06. The summed E-state index contributed by atoms with van der Waals surface area (Å²) in [5, 5.41) is 2.88. The Bertz CT molecular complexity index is 759. The molecular weight excluding hydrogens is 449 g/mol. The lowest BCUT2D eigenvalue weighted by Crippen LogP contribution is -2.46. The smallest absolute Gasteiger partial charge is 0.308 e. The third-order valence-corrected chi connectivity index (χ3v) is 8.37. The Balaban J connectivity index is 2.34. The van der Waals surface area contributed by atoms with E-state index in [4.69, 9.17) is 9.05 Å². The lowest BCUT2D eigenvalue weighted by molar-refractivity contribution is 0.176. The van der Waals surface area contributed by atoms with Gasteiger partial charge < -0.3 is 9.05 Å². The first-order valence-electron chi connectivity index (χ1n) is 10.4. The van der Waals surface area contributed by atoms with E-state index in [0.717, 1.165) is 22.9 Å². The van der Waals surface area contributed by atoms with E-state index in [-0.39, 0.29) is 0 Å². The van der Waals surface area contributed by atoms with Crippen molar-refractivity contribution in [1.82, 2.24) is 5.32 Å². The second-order valence-corrected chi connectivity index (χ2v) is 10.4. The molecule has 0 saturated carbocycles. The van der Waals surface area contributed by atoms with E-state index >= 15 is 0 Å². The third kappa shape index (κ3) is 6.77. The van der Waals surface area contributed by atoms with Crippen LogP contribution in [0.4, 0.5) is 0 Å². The van der Waals surface area contributed by atoms with Crippen LogP contribution in [-0.4, -0.2) is 18.5 Å². The summed E-state index contributed by atoms with van der Waals surface area (Å²) in [6, 6.07) is 18.5. The van der Waals surface area contributed by atoms with E-state index < -0.39 is 12.9 Å². The molecule has 0 radical (unpaired) electrons. The normalized spacial score (nSPS) is 13.9. The minimum absolute atomic E-state index is 0.355. The van der Waals surface area contributed by atoms with Crippen LogP contribution in [0.3, 0.4) is 0 Å². The molecule has 0 amide bonds. The molecule has 2 aromatic carbocycles. The maximum atomic E-state index is 14.0. The van der Waals surface area contributed by atoms with Crippen molar-refractivity contribution in [2.45, 2.75) is 58.3 Å². The van der Waals surface area contributed by atoms with Crippen LogP contribution in [0.1, 0.15) is 51.2 Å². The average molecular weight is 482 g/mol. The predicted molar refractivity (Wildman–Crippen MR) is 124 cm³/mol. The van der Waals surface area contributed by atoms with Crippen LogP contribution < -0.4 is 5.32 Å². The highest BCUT2D eigenvalue weighted by Crippen LogP contribution is 2.62. The van der Waals surface area contributed by atoms with Gasteiger partial charge in [-0.25, -0.2) is 0 Å². The summed E-state index contributed by atoms with van der Waals surface area (Å²) < 4.78 is 26.8. The van der Waals surface area contributed by atoms with Gasteiger partial charge in [-0.05, 0) is 56.4 Å². The molecule has 0 heterocycles. The van der Waals surface area contributed by atoms with Crippen molar-refractivity contribution in [1.29, 1.82) is 0 Å². The summed E-state index contributed by atoms with van der Waals surface area (Å²) in [4.78, 5) is 0. The van der Waals surface area contributed by atoms with Gasteiger partial charge in [0.2, 0.25) is 0 Å². The van der Waals surface area contributed by atoms with Gasteiger partial charge in [0.05, 0.1) is 13.2 Å². The summed E-state index contributed by atoms with van der Waals surface area (Å²) in [7, 11) is -3.38. The van der Waals surface area contributed by atoms with Gasteiger partial charge in [0.1, 0.15) is 5.28 Å². The largest absolute Gasteiger partial charge is 0.350 e. The number of benzene rings is 2. The number of nitrogens with one attached hydrogen (secondary N) is 1. The van der Waals surface area contributed by atoms with E-state index in [9.17, 15) is 4.57 Å². The van der Waals surface area contributed by atoms with Crippen LogP contribution in [0.25, 0.3) is 0 Å². The highest BCUT2D eigenvalue weighted by Gasteiger charge is 2.49. The topological polar surface area (TPSA) is 47.6 Å². The number of rotatable bonds is 13. The molecule has 0 aliphatic heterocycles. The zero-order valence-corrected chi connectivity index (χ0v) is 20.2. The minimum atomic E-state index is -3.38. The molecule has 0 aromatic heterocycles. The summed E-state index contributed by atoms with van der Waals surface area (Å²) in [6.45, 7) is 7.18. The average Bonchev–Trinajstić information content (AvgIpc) is 2.72. The molecular formula is C23H33BrNO3P. The SMILES string of the molecule is CCCC(CCc1ccc(Br)cc1)(NCc1ccccc1)P(=O)(OCC)OCC. The molecule has 1 atom stereocenters. The molecule has 160 valence electrons. The fraction of sp³-hybridized carbons (Fsp3) is 0.478. The van der Waals surface area contributed by atoms with Gasteiger partial charge in [-0.3, -0.25) is 9.88 Å². The Hall–Kier alpha value is -0.970. The van der Waals surface area contributed by atoms with Gasteiger partial charge in [-0.1, -0.05) is 71.7 Å². The van der Waals surface area contributed by atoms with Gasteiger partial charge in [-0.15, -0.1) is 0 Å². The zero-order chi connectivity index (χ0) is 21.2. The monoisotopic (exact) mass is 481 g/mol. The van der Waals surface area contributed by atoms with Crippen molar-refractivity contribution >= 4 is 23.5 Å². The molecule has 2 aromatic rings. The maximum Gasteiger partial charge on any atom is 0.350 e. The van der Waals surface area contributed by atoms with Gasteiger partial charge in [-0.2, -0.15) is 0 Å². The molecule has 1 N–H and O–H groups in total. The van der Waals surface area contributed by atoms with E-state index in [2.05, 4.69) is 52.4 Å². The van der Waals surface area contributed by atoms with Crippen LogP contribution >= 0.6 is 23.5 Å². The predicted octanol–water partition coefficient (Wildman–Crippen LogP) is 6.93.